The molecule has 1 rings (SSSR count). The second-order valence-corrected chi connectivity index (χ2v) is 4.75. The van der Waals surface area contributed by atoms with Crippen LogP contribution in [-0.4, -0.2) is 48.7 Å². The number of carbonyl (C=O) groups excluding carboxylic acids is 1. The van der Waals surface area contributed by atoms with Gasteiger partial charge in [0, 0.05) is 14.2 Å². The summed E-state index contributed by atoms with van der Waals surface area (Å²) in [5.41, 5.74) is 0. The van der Waals surface area contributed by atoms with Crippen molar-refractivity contribution in [1.82, 2.24) is 4.90 Å². The number of nitrogens with zero attached hydrogens (tertiary/aromatic N) is 1. The summed E-state index contributed by atoms with van der Waals surface area (Å²) in [6.07, 6.45) is 4.65. The summed E-state index contributed by atoms with van der Waals surface area (Å²) in [6.45, 7) is 2.33. The van der Waals surface area contributed by atoms with Crippen LogP contribution < -0.4 is 0 Å². The zero-order chi connectivity index (χ0) is 13.7. The lowest BCUT2D eigenvalue weighted by molar-refractivity contribution is -0.151. The van der Waals surface area contributed by atoms with Crippen LogP contribution in [0.1, 0.15) is 19.8 Å². The van der Waals surface area contributed by atoms with Crippen molar-refractivity contribution >= 4 is 11.9 Å². The van der Waals surface area contributed by atoms with Crippen molar-refractivity contribution in [2.75, 3.05) is 20.8 Å². The highest BCUT2D eigenvalue weighted by molar-refractivity contribution is 5.85. The third kappa shape index (κ3) is 3.32. The van der Waals surface area contributed by atoms with Gasteiger partial charge < -0.3 is 14.7 Å². The quantitative estimate of drug-likeness (QED) is 0.748. The summed E-state index contributed by atoms with van der Waals surface area (Å²) in [5, 5.41) is 9.15. The van der Waals surface area contributed by atoms with Gasteiger partial charge in [-0.15, -0.1) is 0 Å². The Morgan fingerprint density at radius 1 is 1.39 bits per heavy atom. The van der Waals surface area contributed by atoms with E-state index in [0.29, 0.717) is 19.4 Å². The first-order chi connectivity index (χ1) is 8.49. The van der Waals surface area contributed by atoms with Gasteiger partial charge in [0.15, 0.2) is 0 Å². The normalized spacial score (nSPS) is 24.6. The molecule has 0 aromatic carbocycles. The van der Waals surface area contributed by atoms with E-state index in [1.54, 1.807) is 19.1 Å². The van der Waals surface area contributed by atoms with Gasteiger partial charge in [0.1, 0.15) is 0 Å². The number of hydrogen-bond donors (Lipinski definition) is 1. The number of rotatable bonds is 5. The molecular weight excluding hydrogens is 234 g/mol. The van der Waals surface area contributed by atoms with Crippen LogP contribution in [0.2, 0.25) is 0 Å². The van der Waals surface area contributed by atoms with Crippen molar-refractivity contribution < 1.29 is 19.4 Å². The highest BCUT2D eigenvalue weighted by Gasteiger charge is 2.36. The van der Waals surface area contributed by atoms with Crippen LogP contribution in [0.15, 0.2) is 12.2 Å². The smallest absolute Gasteiger partial charge is 0.307 e. The fourth-order valence-electron chi connectivity index (χ4n) is 2.19. The van der Waals surface area contributed by atoms with Crippen LogP contribution in [0.25, 0.3) is 0 Å². The molecule has 5 heteroatoms. The molecule has 0 radical (unpaired) electrons. The molecule has 0 fully saturated rings. The highest BCUT2D eigenvalue weighted by atomic mass is 16.5. The Labute approximate surface area is 107 Å². The summed E-state index contributed by atoms with van der Waals surface area (Å²) < 4.78 is 5.01. The highest BCUT2D eigenvalue weighted by Crippen LogP contribution is 2.27. The molecule has 1 N–H and O–H groups in total. The molecule has 0 saturated carbocycles. The van der Waals surface area contributed by atoms with E-state index in [9.17, 15) is 9.59 Å². The van der Waals surface area contributed by atoms with E-state index >= 15 is 0 Å². The first-order valence-electron chi connectivity index (χ1n) is 6.12. The van der Waals surface area contributed by atoms with Gasteiger partial charge in [-0.05, 0) is 19.8 Å². The molecular formula is C13H21NO4. The molecule has 0 saturated heterocycles. The molecule has 18 heavy (non-hydrogen) atoms. The molecule has 0 spiro atoms. The Morgan fingerprint density at radius 2 is 1.94 bits per heavy atom. The van der Waals surface area contributed by atoms with Crippen LogP contribution in [0.4, 0.5) is 0 Å². The fraction of sp³-hybridized carbons (Fsp3) is 0.692. The minimum atomic E-state index is -0.898. The van der Waals surface area contributed by atoms with Crippen LogP contribution >= 0.6 is 0 Å². The van der Waals surface area contributed by atoms with Crippen molar-refractivity contribution in [2.24, 2.45) is 11.8 Å². The maximum Gasteiger partial charge on any atom is 0.307 e. The van der Waals surface area contributed by atoms with Crippen LogP contribution in [0.3, 0.4) is 0 Å². The molecule has 0 bridgehead atoms. The van der Waals surface area contributed by atoms with Gasteiger partial charge in [-0.2, -0.15) is 0 Å². The van der Waals surface area contributed by atoms with Gasteiger partial charge in [-0.25, -0.2) is 0 Å². The van der Waals surface area contributed by atoms with E-state index in [2.05, 4.69) is 0 Å². The summed E-state index contributed by atoms with van der Waals surface area (Å²) in [6, 6.07) is -0.0529. The fourth-order valence-corrected chi connectivity index (χ4v) is 2.19. The summed E-state index contributed by atoms with van der Waals surface area (Å²) in [7, 11) is 3.28. The maximum atomic E-state index is 12.3. The Bertz CT molecular complexity index is 340. The molecule has 0 aromatic rings. The zero-order valence-corrected chi connectivity index (χ0v) is 11.1. The first-order valence-corrected chi connectivity index (χ1v) is 6.12. The number of carboxylic acid groups (broad SMARTS) is 1. The molecule has 0 aliphatic heterocycles. The Morgan fingerprint density at radius 3 is 2.44 bits per heavy atom. The van der Waals surface area contributed by atoms with Gasteiger partial charge in [0.05, 0.1) is 24.5 Å². The summed E-state index contributed by atoms with van der Waals surface area (Å²) >= 11 is 0. The molecule has 1 unspecified atom stereocenters. The lowest BCUT2D eigenvalue weighted by atomic mass is 9.82. The maximum absolute atomic E-state index is 12.3. The average Bonchev–Trinajstić information content (AvgIpc) is 2.37. The number of ether oxygens (including phenoxy) is 1. The molecule has 0 aromatic heterocycles. The van der Waals surface area contributed by atoms with Gasteiger partial charge >= 0.3 is 5.97 Å². The van der Waals surface area contributed by atoms with Gasteiger partial charge in [0.2, 0.25) is 5.91 Å². The van der Waals surface area contributed by atoms with Crippen molar-refractivity contribution in [1.29, 1.82) is 0 Å². The first kappa shape index (κ1) is 14.7. The molecule has 5 nitrogen and oxygen atoms in total. The van der Waals surface area contributed by atoms with E-state index in [4.69, 9.17) is 9.84 Å². The number of methoxy groups -OCH3 is 1. The molecule has 0 heterocycles. The predicted octanol–water partition coefficient (Wildman–Crippen LogP) is 1.15. The third-order valence-electron chi connectivity index (χ3n) is 3.48. The number of allylic oxidation sites excluding steroid dienone is 2. The number of carboxylic acids is 1. The lowest BCUT2D eigenvalue weighted by Crippen LogP contribution is -2.45. The number of hydrogen-bond acceptors (Lipinski definition) is 3. The van der Waals surface area contributed by atoms with Crippen LogP contribution in [0.5, 0.6) is 0 Å². The van der Waals surface area contributed by atoms with Crippen LogP contribution in [0, 0.1) is 11.8 Å². The number of carbonyl (C=O) groups is 2. The molecule has 102 valence electrons. The van der Waals surface area contributed by atoms with Gasteiger partial charge in [0.25, 0.3) is 0 Å². The van der Waals surface area contributed by atoms with Crippen molar-refractivity contribution in [3.05, 3.63) is 12.2 Å². The molecule has 3 atom stereocenters. The molecule has 1 amide bonds. The van der Waals surface area contributed by atoms with Gasteiger partial charge in [-0.1, -0.05) is 12.2 Å². The van der Waals surface area contributed by atoms with Crippen LogP contribution in [-0.2, 0) is 14.3 Å². The largest absolute Gasteiger partial charge is 0.481 e. The van der Waals surface area contributed by atoms with E-state index in [0.717, 1.165) is 0 Å². The number of amides is 1. The summed E-state index contributed by atoms with van der Waals surface area (Å²) in [5.74, 6) is -2.08. The van der Waals surface area contributed by atoms with Crippen molar-refractivity contribution in [3.63, 3.8) is 0 Å². The van der Waals surface area contributed by atoms with E-state index in [1.807, 2.05) is 19.1 Å². The minimum Gasteiger partial charge on any atom is -0.481 e. The monoisotopic (exact) mass is 255 g/mol. The van der Waals surface area contributed by atoms with E-state index < -0.39 is 17.8 Å². The SMILES string of the molecule is COCC(C)N(C)C(=O)[C@@H]1CC=CC[C@@H]1C(=O)O. The second-order valence-electron chi connectivity index (χ2n) is 4.75. The minimum absolute atomic E-state index is 0.0529. The Kier molecular flexibility index (Phi) is 5.34. The van der Waals surface area contributed by atoms with Crippen molar-refractivity contribution in [3.8, 4) is 0 Å². The molecule has 1 aliphatic rings. The lowest BCUT2D eigenvalue weighted by Gasteiger charge is -2.31. The predicted molar refractivity (Wildman–Crippen MR) is 67.1 cm³/mol. The third-order valence-corrected chi connectivity index (χ3v) is 3.48. The van der Waals surface area contributed by atoms with Crippen molar-refractivity contribution in [2.45, 2.75) is 25.8 Å². The zero-order valence-electron chi connectivity index (χ0n) is 11.1. The topological polar surface area (TPSA) is 66.8 Å². The number of likely N-dealkylation sites (N-methyl/N-ethyl adjacent to an activating group) is 1. The molecule has 1 aliphatic carbocycles. The van der Waals surface area contributed by atoms with Gasteiger partial charge in [-0.3, -0.25) is 9.59 Å². The Balaban J connectivity index is 2.75. The Hall–Kier alpha value is -1.36. The number of aliphatic carboxylic acids is 1. The van der Waals surface area contributed by atoms with E-state index in [-0.39, 0.29) is 11.9 Å². The average molecular weight is 255 g/mol. The van der Waals surface area contributed by atoms with E-state index in [1.165, 1.54) is 0 Å². The second kappa shape index (κ2) is 6.54. The summed E-state index contributed by atoms with van der Waals surface area (Å²) in [4.78, 5) is 25.0. The standard InChI is InChI=1S/C13H21NO4/c1-9(8-18-3)14(2)12(15)10-6-4-5-7-11(10)13(16)17/h4-5,9-11H,6-8H2,1-3H3,(H,16,17)/t9?,10-,11+/m1/s1.